The lowest BCUT2D eigenvalue weighted by Gasteiger charge is -1.93. The van der Waals surface area contributed by atoms with E-state index < -0.39 is 0 Å². The van der Waals surface area contributed by atoms with Crippen LogP contribution < -0.4 is 0 Å². The van der Waals surface area contributed by atoms with Crippen LogP contribution in [0.25, 0.3) is 0 Å². The van der Waals surface area contributed by atoms with Crippen LogP contribution in [0.4, 0.5) is 10.1 Å². The molecule has 0 unspecified atom stereocenters. The van der Waals surface area contributed by atoms with Gasteiger partial charge in [0.15, 0.2) is 0 Å². The number of rotatable bonds is 2. The Hall–Kier alpha value is -1.96. The first kappa shape index (κ1) is 9.59. The SMILES string of the molecule is Fc1cccc(/C=N/c2ccccc2)c1. The molecule has 2 aromatic rings. The molecule has 2 heteroatoms. The molecule has 15 heavy (non-hydrogen) atoms. The smallest absolute Gasteiger partial charge is 0.123 e. The van der Waals surface area contributed by atoms with Crippen molar-refractivity contribution in [3.63, 3.8) is 0 Å². The van der Waals surface area contributed by atoms with Gasteiger partial charge >= 0.3 is 0 Å². The highest BCUT2D eigenvalue weighted by Crippen LogP contribution is 2.10. The molecule has 0 bridgehead atoms. The fourth-order valence-electron chi connectivity index (χ4n) is 1.25. The van der Waals surface area contributed by atoms with Crippen molar-refractivity contribution in [2.75, 3.05) is 0 Å². The summed E-state index contributed by atoms with van der Waals surface area (Å²) in [4.78, 5) is 4.23. The van der Waals surface area contributed by atoms with Crippen LogP contribution in [0, 0.1) is 5.82 Å². The second-order valence-electron chi connectivity index (χ2n) is 3.15. The largest absolute Gasteiger partial charge is 0.256 e. The second-order valence-corrected chi connectivity index (χ2v) is 3.15. The summed E-state index contributed by atoms with van der Waals surface area (Å²) in [5.41, 5.74) is 1.63. The van der Waals surface area contributed by atoms with E-state index in [1.807, 2.05) is 36.4 Å². The lowest BCUT2D eigenvalue weighted by Crippen LogP contribution is -1.81. The lowest BCUT2D eigenvalue weighted by atomic mass is 10.2. The van der Waals surface area contributed by atoms with Crippen molar-refractivity contribution >= 4 is 11.9 Å². The van der Waals surface area contributed by atoms with Crippen molar-refractivity contribution in [3.8, 4) is 0 Å². The molecule has 0 amide bonds. The molecule has 0 aromatic heterocycles. The van der Waals surface area contributed by atoms with Crippen LogP contribution in [0.5, 0.6) is 0 Å². The average molecular weight is 199 g/mol. The lowest BCUT2D eigenvalue weighted by molar-refractivity contribution is 0.627. The van der Waals surface area contributed by atoms with Gasteiger partial charge in [-0.05, 0) is 29.8 Å². The third-order valence-electron chi connectivity index (χ3n) is 1.97. The van der Waals surface area contributed by atoms with E-state index in [1.165, 1.54) is 12.1 Å². The zero-order valence-corrected chi connectivity index (χ0v) is 8.10. The van der Waals surface area contributed by atoms with Crippen LogP contribution in [0.1, 0.15) is 5.56 Å². The van der Waals surface area contributed by atoms with E-state index in [9.17, 15) is 4.39 Å². The van der Waals surface area contributed by atoms with E-state index in [0.717, 1.165) is 11.3 Å². The van der Waals surface area contributed by atoms with Gasteiger partial charge in [0, 0.05) is 6.21 Å². The van der Waals surface area contributed by atoms with Gasteiger partial charge in [0.1, 0.15) is 5.82 Å². The molecule has 2 rings (SSSR count). The number of hydrogen-bond donors (Lipinski definition) is 0. The first-order chi connectivity index (χ1) is 7.34. The maximum atomic E-state index is 12.8. The molecule has 0 radical (unpaired) electrons. The Balaban J connectivity index is 2.19. The molecule has 74 valence electrons. The predicted octanol–water partition coefficient (Wildman–Crippen LogP) is 3.58. The number of hydrogen-bond acceptors (Lipinski definition) is 1. The normalized spacial score (nSPS) is 10.7. The summed E-state index contributed by atoms with van der Waals surface area (Å²) < 4.78 is 12.8. The molecule has 0 heterocycles. The van der Waals surface area contributed by atoms with E-state index in [1.54, 1.807) is 12.3 Å². The Bertz CT molecular complexity index is 463. The first-order valence-electron chi connectivity index (χ1n) is 4.69. The minimum Gasteiger partial charge on any atom is -0.256 e. The second kappa shape index (κ2) is 4.51. The summed E-state index contributed by atoms with van der Waals surface area (Å²) in [7, 11) is 0. The van der Waals surface area contributed by atoms with Crippen molar-refractivity contribution in [2.45, 2.75) is 0 Å². The van der Waals surface area contributed by atoms with Gasteiger partial charge in [0.2, 0.25) is 0 Å². The van der Waals surface area contributed by atoms with Gasteiger partial charge in [-0.1, -0.05) is 30.3 Å². The van der Waals surface area contributed by atoms with Crippen molar-refractivity contribution in [1.82, 2.24) is 0 Å². The summed E-state index contributed by atoms with van der Waals surface area (Å²) in [6.07, 6.45) is 1.65. The van der Waals surface area contributed by atoms with Gasteiger partial charge < -0.3 is 0 Å². The van der Waals surface area contributed by atoms with E-state index in [4.69, 9.17) is 0 Å². The monoisotopic (exact) mass is 199 g/mol. The number of para-hydroxylation sites is 1. The van der Waals surface area contributed by atoms with Gasteiger partial charge in [-0.2, -0.15) is 0 Å². The van der Waals surface area contributed by atoms with Crippen LogP contribution in [0.3, 0.4) is 0 Å². The van der Waals surface area contributed by atoms with Gasteiger partial charge in [-0.3, -0.25) is 4.99 Å². The zero-order valence-electron chi connectivity index (χ0n) is 8.10. The van der Waals surface area contributed by atoms with E-state index >= 15 is 0 Å². The van der Waals surface area contributed by atoms with Crippen molar-refractivity contribution < 1.29 is 4.39 Å². The van der Waals surface area contributed by atoms with E-state index in [-0.39, 0.29) is 5.82 Å². The molecule has 2 aromatic carbocycles. The average Bonchev–Trinajstić information content (AvgIpc) is 2.28. The Morgan fingerprint density at radius 2 is 1.73 bits per heavy atom. The highest BCUT2D eigenvalue weighted by Gasteiger charge is 1.90. The zero-order chi connectivity index (χ0) is 10.5. The maximum Gasteiger partial charge on any atom is 0.123 e. The number of nitrogens with zero attached hydrogens (tertiary/aromatic N) is 1. The van der Waals surface area contributed by atoms with Gasteiger partial charge in [0.25, 0.3) is 0 Å². The predicted molar refractivity (Wildman–Crippen MR) is 60.1 cm³/mol. The number of benzene rings is 2. The summed E-state index contributed by atoms with van der Waals surface area (Å²) in [5, 5.41) is 0. The number of aliphatic imine (C=N–C) groups is 1. The highest BCUT2D eigenvalue weighted by molar-refractivity contribution is 5.81. The molecule has 0 saturated carbocycles. The van der Waals surface area contributed by atoms with Gasteiger partial charge in [-0.25, -0.2) is 4.39 Å². The van der Waals surface area contributed by atoms with Crippen LogP contribution >= 0.6 is 0 Å². The third kappa shape index (κ3) is 2.74. The molecular formula is C13H10FN. The number of halogens is 1. The third-order valence-corrected chi connectivity index (χ3v) is 1.97. The quantitative estimate of drug-likeness (QED) is 0.655. The molecular weight excluding hydrogens is 189 g/mol. The fourth-order valence-corrected chi connectivity index (χ4v) is 1.25. The minimum absolute atomic E-state index is 0.244. The molecule has 0 aliphatic rings. The Labute approximate surface area is 87.9 Å². The van der Waals surface area contributed by atoms with Gasteiger partial charge in [0.05, 0.1) is 5.69 Å². The molecule has 0 atom stereocenters. The topological polar surface area (TPSA) is 12.4 Å². The molecule has 0 N–H and O–H groups in total. The van der Waals surface area contributed by atoms with Crippen LogP contribution in [0.2, 0.25) is 0 Å². The Morgan fingerprint density at radius 1 is 0.933 bits per heavy atom. The van der Waals surface area contributed by atoms with Gasteiger partial charge in [-0.15, -0.1) is 0 Å². The Morgan fingerprint density at radius 3 is 2.47 bits per heavy atom. The van der Waals surface area contributed by atoms with Crippen LogP contribution in [0.15, 0.2) is 59.6 Å². The molecule has 0 aliphatic heterocycles. The minimum atomic E-state index is -0.244. The Kier molecular flexibility index (Phi) is 2.88. The summed E-state index contributed by atoms with van der Waals surface area (Å²) >= 11 is 0. The van der Waals surface area contributed by atoms with E-state index in [2.05, 4.69) is 4.99 Å². The van der Waals surface area contributed by atoms with E-state index in [0.29, 0.717) is 0 Å². The van der Waals surface area contributed by atoms with Crippen molar-refractivity contribution in [1.29, 1.82) is 0 Å². The highest BCUT2D eigenvalue weighted by atomic mass is 19.1. The summed E-state index contributed by atoms with van der Waals surface area (Å²) in [5.74, 6) is -0.244. The van der Waals surface area contributed by atoms with Crippen molar-refractivity contribution in [3.05, 3.63) is 66.0 Å². The summed E-state index contributed by atoms with van der Waals surface area (Å²) in [6, 6.07) is 15.9. The van der Waals surface area contributed by atoms with Crippen molar-refractivity contribution in [2.24, 2.45) is 4.99 Å². The maximum absolute atomic E-state index is 12.8. The molecule has 1 nitrogen and oxygen atoms in total. The van der Waals surface area contributed by atoms with Crippen LogP contribution in [-0.2, 0) is 0 Å². The van der Waals surface area contributed by atoms with Crippen LogP contribution in [-0.4, -0.2) is 6.21 Å². The molecule has 0 spiro atoms. The molecule has 0 fully saturated rings. The molecule has 0 aliphatic carbocycles. The standard InChI is InChI=1S/C13H10FN/c14-12-6-4-5-11(9-12)10-15-13-7-2-1-3-8-13/h1-10H/b15-10+. The first-order valence-corrected chi connectivity index (χ1v) is 4.69. The molecule has 0 saturated heterocycles. The summed E-state index contributed by atoms with van der Waals surface area (Å²) in [6.45, 7) is 0. The fraction of sp³-hybridized carbons (Fsp3) is 0.